The molecule has 1 aromatic heterocycles. The fourth-order valence-electron chi connectivity index (χ4n) is 1.53. The van der Waals surface area contributed by atoms with Crippen molar-refractivity contribution in [2.75, 3.05) is 4.72 Å². The summed E-state index contributed by atoms with van der Waals surface area (Å²) in [6, 6.07) is 8.34. The number of sulfonamides is 1. The van der Waals surface area contributed by atoms with E-state index in [1.807, 2.05) is 13.0 Å². The van der Waals surface area contributed by atoms with Crippen LogP contribution in [-0.4, -0.2) is 18.4 Å². The highest BCUT2D eigenvalue weighted by atomic mass is 32.2. The fourth-order valence-corrected chi connectivity index (χ4v) is 2.55. The van der Waals surface area contributed by atoms with E-state index in [1.54, 1.807) is 18.2 Å². The molecule has 98 valence electrons. The zero-order valence-corrected chi connectivity index (χ0v) is 11.0. The number of rotatable bonds is 4. The van der Waals surface area contributed by atoms with Gasteiger partial charge in [-0.05, 0) is 12.1 Å². The SMILES string of the molecule is CCc1ncc(S(=O)(=O)Nc2ccccc2C#N)[nH]1. The molecule has 2 N–H and O–H groups in total. The van der Waals surface area contributed by atoms with E-state index in [1.165, 1.54) is 12.3 Å². The quantitative estimate of drug-likeness (QED) is 0.886. The summed E-state index contributed by atoms with van der Waals surface area (Å²) in [4.78, 5) is 6.66. The molecule has 0 saturated carbocycles. The second-order valence-electron chi connectivity index (χ2n) is 3.81. The highest BCUT2D eigenvalue weighted by Gasteiger charge is 2.18. The van der Waals surface area contributed by atoms with Crippen molar-refractivity contribution in [2.24, 2.45) is 0 Å². The van der Waals surface area contributed by atoms with Gasteiger partial charge in [0.05, 0.1) is 17.4 Å². The summed E-state index contributed by atoms with van der Waals surface area (Å²) >= 11 is 0. The molecule has 2 aromatic rings. The third kappa shape index (κ3) is 2.74. The highest BCUT2D eigenvalue weighted by Crippen LogP contribution is 2.18. The summed E-state index contributed by atoms with van der Waals surface area (Å²) in [5.41, 5.74) is 0.513. The maximum absolute atomic E-state index is 12.1. The molecule has 6 nitrogen and oxygen atoms in total. The van der Waals surface area contributed by atoms with E-state index >= 15 is 0 Å². The Bertz CT molecular complexity index is 728. The zero-order chi connectivity index (χ0) is 13.9. The van der Waals surface area contributed by atoms with Crippen LogP contribution in [0.15, 0.2) is 35.5 Å². The molecule has 0 atom stereocenters. The number of aromatic nitrogens is 2. The molecule has 19 heavy (non-hydrogen) atoms. The predicted molar refractivity (Wildman–Crippen MR) is 69.9 cm³/mol. The summed E-state index contributed by atoms with van der Waals surface area (Å²) < 4.78 is 26.6. The number of imidazole rings is 1. The van der Waals surface area contributed by atoms with Gasteiger partial charge in [-0.1, -0.05) is 19.1 Å². The maximum Gasteiger partial charge on any atom is 0.279 e. The molecule has 0 bridgehead atoms. The molecule has 0 aliphatic carbocycles. The molecule has 0 fully saturated rings. The van der Waals surface area contributed by atoms with Gasteiger partial charge in [0.2, 0.25) is 0 Å². The first-order valence-electron chi connectivity index (χ1n) is 5.62. The molecule has 1 heterocycles. The van der Waals surface area contributed by atoms with E-state index in [-0.39, 0.29) is 16.3 Å². The summed E-state index contributed by atoms with van der Waals surface area (Å²) in [6.45, 7) is 1.87. The number of aryl methyl sites for hydroxylation is 1. The molecule has 0 radical (unpaired) electrons. The van der Waals surface area contributed by atoms with E-state index < -0.39 is 10.0 Å². The van der Waals surface area contributed by atoms with Gasteiger partial charge in [-0.2, -0.15) is 13.7 Å². The highest BCUT2D eigenvalue weighted by molar-refractivity contribution is 7.92. The van der Waals surface area contributed by atoms with E-state index in [0.717, 1.165) is 0 Å². The van der Waals surface area contributed by atoms with Crippen LogP contribution in [-0.2, 0) is 16.4 Å². The predicted octanol–water partition coefficient (Wildman–Crippen LogP) is 1.64. The van der Waals surface area contributed by atoms with Crippen LogP contribution in [0.4, 0.5) is 5.69 Å². The Balaban J connectivity index is 2.34. The first-order chi connectivity index (χ1) is 9.06. The second kappa shape index (κ2) is 5.12. The van der Waals surface area contributed by atoms with Crippen molar-refractivity contribution in [1.29, 1.82) is 5.26 Å². The molecule has 1 aromatic carbocycles. The van der Waals surface area contributed by atoms with Gasteiger partial charge >= 0.3 is 0 Å². The lowest BCUT2D eigenvalue weighted by Crippen LogP contribution is -2.14. The lowest BCUT2D eigenvalue weighted by atomic mass is 10.2. The number of para-hydroxylation sites is 1. The number of nitrogens with zero attached hydrogens (tertiary/aromatic N) is 2. The number of hydrogen-bond donors (Lipinski definition) is 2. The lowest BCUT2D eigenvalue weighted by molar-refractivity contribution is 0.598. The van der Waals surface area contributed by atoms with Crippen LogP contribution in [0.3, 0.4) is 0 Å². The lowest BCUT2D eigenvalue weighted by Gasteiger charge is -2.07. The average molecular weight is 276 g/mol. The molecule has 2 rings (SSSR count). The van der Waals surface area contributed by atoms with Crippen molar-refractivity contribution in [2.45, 2.75) is 18.4 Å². The van der Waals surface area contributed by atoms with Crippen LogP contribution in [0.2, 0.25) is 0 Å². The van der Waals surface area contributed by atoms with Crippen molar-refractivity contribution in [3.63, 3.8) is 0 Å². The number of benzene rings is 1. The fraction of sp³-hybridized carbons (Fsp3) is 0.167. The third-order valence-electron chi connectivity index (χ3n) is 2.52. The Morgan fingerprint density at radius 1 is 1.42 bits per heavy atom. The van der Waals surface area contributed by atoms with Crippen LogP contribution in [0, 0.1) is 11.3 Å². The summed E-state index contributed by atoms with van der Waals surface area (Å²) in [5, 5.41) is 8.91. The Labute approximate surface area is 111 Å². The van der Waals surface area contributed by atoms with Crippen molar-refractivity contribution in [3.8, 4) is 6.07 Å². The van der Waals surface area contributed by atoms with Crippen molar-refractivity contribution in [3.05, 3.63) is 41.9 Å². The Morgan fingerprint density at radius 3 is 2.79 bits per heavy atom. The minimum absolute atomic E-state index is 0.0166. The van der Waals surface area contributed by atoms with Gasteiger partial charge in [0.25, 0.3) is 10.0 Å². The van der Waals surface area contributed by atoms with Crippen LogP contribution in [0.5, 0.6) is 0 Å². The minimum atomic E-state index is -3.75. The van der Waals surface area contributed by atoms with Crippen molar-refractivity contribution >= 4 is 15.7 Å². The summed E-state index contributed by atoms with van der Waals surface area (Å²) in [7, 11) is -3.75. The molecule has 0 amide bonds. The minimum Gasteiger partial charge on any atom is -0.332 e. The Hall–Kier alpha value is -2.33. The monoisotopic (exact) mass is 276 g/mol. The average Bonchev–Trinajstić information content (AvgIpc) is 2.88. The third-order valence-corrected chi connectivity index (χ3v) is 3.80. The number of hydrogen-bond acceptors (Lipinski definition) is 4. The standard InChI is InChI=1S/C12H12N4O2S/c1-2-11-14-8-12(15-11)19(17,18)16-10-6-4-3-5-9(10)7-13/h3-6,8,16H,2H2,1H3,(H,14,15). The Kier molecular flexibility index (Phi) is 3.53. The van der Waals surface area contributed by atoms with E-state index in [9.17, 15) is 8.42 Å². The molecule has 0 aliphatic rings. The van der Waals surface area contributed by atoms with Crippen LogP contribution >= 0.6 is 0 Å². The van der Waals surface area contributed by atoms with Crippen molar-refractivity contribution in [1.82, 2.24) is 9.97 Å². The summed E-state index contributed by atoms with van der Waals surface area (Å²) in [6.07, 6.45) is 1.88. The van der Waals surface area contributed by atoms with Gasteiger partial charge < -0.3 is 4.98 Å². The van der Waals surface area contributed by atoms with Crippen LogP contribution < -0.4 is 4.72 Å². The first-order valence-corrected chi connectivity index (χ1v) is 7.11. The van der Waals surface area contributed by atoms with Gasteiger partial charge in [-0.3, -0.25) is 4.72 Å². The van der Waals surface area contributed by atoms with E-state index in [0.29, 0.717) is 12.2 Å². The van der Waals surface area contributed by atoms with Crippen molar-refractivity contribution < 1.29 is 8.42 Å². The smallest absolute Gasteiger partial charge is 0.279 e. The van der Waals surface area contributed by atoms with Gasteiger partial charge in [0.1, 0.15) is 11.9 Å². The maximum atomic E-state index is 12.1. The number of nitrogens with one attached hydrogen (secondary N) is 2. The van der Waals surface area contributed by atoms with Crippen LogP contribution in [0.1, 0.15) is 18.3 Å². The number of H-pyrrole nitrogens is 1. The molecule has 0 saturated heterocycles. The van der Waals surface area contributed by atoms with Gasteiger partial charge in [0, 0.05) is 6.42 Å². The first kappa shape index (κ1) is 13.1. The van der Waals surface area contributed by atoms with Crippen LogP contribution in [0.25, 0.3) is 0 Å². The molecular formula is C12H12N4O2S. The molecular weight excluding hydrogens is 264 g/mol. The zero-order valence-electron chi connectivity index (χ0n) is 10.2. The normalized spacial score (nSPS) is 10.9. The molecule has 7 heteroatoms. The molecule has 0 spiro atoms. The number of nitriles is 1. The summed E-state index contributed by atoms with van der Waals surface area (Å²) in [5.74, 6) is 0.592. The Morgan fingerprint density at radius 2 is 2.16 bits per heavy atom. The van der Waals surface area contributed by atoms with E-state index in [2.05, 4.69) is 14.7 Å². The van der Waals surface area contributed by atoms with Gasteiger partial charge in [-0.25, -0.2) is 4.98 Å². The molecule has 0 unspecified atom stereocenters. The topological polar surface area (TPSA) is 98.6 Å². The second-order valence-corrected chi connectivity index (χ2v) is 5.46. The number of anilines is 1. The molecule has 0 aliphatic heterocycles. The van der Waals surface area contributed by atoms with Gasteiger partial charge in [-0.15, -0.1) is 0 Å². The van der Waals surface area contributed by atoms with E-state index in [4.69, 9.17) is 5.26 Å². The van der Waals surface area contributed by atoms with Gasteiger partial charge in [0.15, 0.2) is 5.03 Å². The largest absolute Gasteiger partial charge is 0.332 e. The number of aromatic amines is 1.